The predicted octanol–water partition coefficient (Wildman–Crippen LogP) is 3.04. The van der Waals surface area contributed by atoms with E-state index in [0.29, 0.717) is 58.9 Å². The van der Waals surface area contributed by atoms with Crippen LogP contribution in [0, 0.1) is 0 Å². The summed E-state index contributed by atoms with van der Waals surface area (Å²) in [5.74, 6) is 0.714. The molecule has 0 aliphatic carbocycles. The van der Waals surface area contributed by atoms with Crippen molar-refractivity contribution in [2.24, 2.45) is 0 Å². The van der Waals surface area contributed by atoms with Crippen molar-refractivity contribution >= 4 is 40.9 Å². The minimum absolute atomic E-state index is 0.294. The van der Waals surface area contributed by atoms with Crippen LogP contribution in [0.1, 0.15) is 23.7 Å². The van der Waals surface area contributed by atoms with Gasteiger partial charge in [-0.25, -0.2) is 0 Å². The molecule has 0 unspecified atom stereocenters. The molecule has 0 aromatic heterocycles. The summed E-state index contributed by atoms with van der Waals surface area (Å²) in [4.78, 5) is 25.4. The smallest absolute Gasteiger partial charge is 0.265 e. The Hall–Kier alpha value is -1.70. The van der Waals surface area contributed by atoms with Gasteiger partial charge in [-0.1, -0.05) is 11.6 Å². The Morgan fingerprint density at radius 2 is 2.16 bits per heavy atom. The Bertz CT molecular complexity index is 679. The maximum atomic E-state index is 12.5. The van der Waals surface area contributed by atoms with Gasteiger partial charge in [-0.05, 0) is 31.5 Å². The molecular weight excluding hydrogens is 364 g/mol. The van der Waals surface area contributed by atoms with Crippen LogP contribution in [-0.4, -0.2) is 44.4 Å². The number of hydrogen-bond acceptors (Lipinski definition) is 5. The number of anilines is 1. The number of thioether (sulfide) groups is 1. The summed E-state index contributed by atoms with van der Waals surface area (Å²) in [6, 6.07) is 4.79. The molecule has 8 heteroatoms. The minimum Gasteiger partial charge on any atom is -0.496 e. The molecule has 2 rings (SSSR count). The van der Waals surface area contributed by atoms with Crippen molar-refractivity contribution in [1.29, 1.82) is 0 Å². The van der Waals surface area contributed by atoms with E-state index < -0.39 is 0 Å². The first kappa shape index (κ1) is 19.6. The Morgan fingerprint density at radius 1 is 1.36 bits per heavy atom. The van der Waals surface area contributed by atoms with Crippen LogP contribution in [-0.2, 0) is 14.3 Å². The molecule has 0 spiro atoms. The number of halogens is 1. The van der Waals surface area contributed by atoms with E-state index in [0.717, 1.165) is 0 Å². The number of carbonyl (C=O) groups is 2. The summed E-state index contributed by atoms with van der Waals surface area (Å²) in [7, 11) is 1.61. The third kappa shape index (κ3) is 5.66. The summed E-state index contributed by atoms with van der Waals surface area (Å²) in [5, 5.41) is 5.99. The Morgan fingerprint density at radius 3 is 2.88 bits per heavy atom. The molecule has 0 fully saturated rings. The third-order valence-electron chi connectivity index (χ3n) is 3.46. The van der Waals surface area contributed by atoms with Crippen LogP contribution in [0.15, 0.2) is 28.9 Å². The molecule has 25 heavy (non-hydrogen) atoms. The second-order valence-electron chi connectivity index (χ2n) is 5.33. The van der Waals surface area contributed by atoms with Gasteiger partial charge in [-0.3, -0.25) is 9.59 Å². The number of methoxy groups -OCH3 is 1. The van der Waals surface area contributed by atoms with Crippen molar-refractivity contribution in [2.45, 2.75) is 13.3 Å². The molecule has 1 aliphatic heterocycles. The summed E-state index contributed by atoms with van der Waals surface area (Å²) in [6.07, 6.45) is 0.699. The second kappa shape index (κ2) is 9.70. The van der Waals surface area contributed by atoms with Crippen LogP contribution in [0.25, 0.3) is 0 Å². The number of hydrogen-bond donors (Lipinski definition) is 2. The van der Waals surface area contributed by atoms with E-state index in [1.165, 1.54) is 17.8 Å². The van der Waals surface area contributed by atoms with E-state index in [1.807, 2.05) is 0 Å². The number of allylic oxidation sites excluding steroid dienone is 1. The molecule has 0 saturated carbocycles. The first-order chi connectivity index (χ1) is 12.0. The topological polar surface area (TPSA) is 76.7 Å². The fraction of sp³-hybridized carbons (Fsp3) is 0.412. The van der Waals surface area contributed by atoms with E-state index in [2.05, 4.69) is 10.6 Å². The van der Waals surface area contributed by atoms with E-state index in [1.54, 1.807) is 26.2 Å². The van der Waals surface area contributed by atoms with Crippen LogP contribution < -0.4 is 10.6 Å². The standard InChI is InChI=1S/C17H21ClN2O4S/c1-11-15(25-9-8-24-11)17(22)20-14-5-4-12(18)10-13(14)16(21)19-6-3-7-23-2/h4-5,10H,3,6-9H2,1-2H3,(H,19,21)(H,20,22). The second-order valence-corrected chi connectivity index (χ2v) is 6.87. The lowest BCUT2D eigenvalue weighted by atomic mass is 10.1. The van der Waals surface area contributed by atoms with Crippen molar-refractivity contribution in [3.8, 4) is 0 Å². The molecule has 1 aromatic carbocycles. The number of benzene rings is 1. The average molecular weight is 385 g/mol. The van der Waals surface area contributed by atoms with Gasteiger partial charge in [0.2, 0.25) is 0 Å². The van der Waals surface area contributed by atoms with Crippen molar-refractivity contribution in [1.82, 2.24) is 5.32 Å². The highest BCUT2D eigenvalue weighted by molar-refractivity contribution is 8.04. The van der Waals surface area contributed by atoms with E-state index in [9.17, 15) is 9.59 Å². The van der Waals surface area contributed by atoms with Crippen LogP contribution in [0.3, 0.4) is 0 Å². The van der Waals surface area contributed by atoms with E-state index >= 15 is 0 Å². The fourth-order valence-electron chi connectivity index (χ4n) is 2.24. The monoisotopic (exact) mass is 384 g/mol. The van der Waals surface area contributed by atoms with Gasteiger partial charge in [-0.15, -0.1) is 11.8 Å². The molecule has 2 N–H and O–H groups in total. The molecule has 0 bridgehead atoms. The SMILES string of the molecule is COCCCNC(=O)c1cc(Cl)ccc1NC(=O)C1=C(C)OCCS1. The first-order valence-electron chi connectivity index (χ1n) is 7.87. The Balaban J connectivity index is 2.12. The zero-order valence-corrected chi connectivity index (χ0v) is 15.8. The summed E-state index contributed by atoms with van der Waals surface area (Å²) in [5.41, 5.74) is 0.725. The molecular formula is C17H21ClN2O4S. The number of nitrogens with one attached hydrogen (secondary N) is 2. The normalized spacial score (nSPS) is 14.0. The van der Waals surface area contributed by atoms with Crippen molar-refractivity contribution in [3.05, 3.63) is 39.4 Å². The lowest BCUT2D eigenvalue weighted by molar-refractivity contribution is -0.112. The molecule has 0 atom stereocenters. The highest BCUT2D eigenvalue weighted by Crippen LogP contribution is 2.28. The van der Waals surface area contributed by atoms with Crippen molar-refractivity contribution in [2.75, 3.05) is 37.9 Å². The minimum atomic E-state index is -0.299. The molecule has 1 aliphatic rings. The molecule has 0 saturated heterocycles. The summed E-state index contributed by atoms with van der Waals surface area (Å²) >= 11 is 7.44. The number of carbonyl (C=O) groups excluding carboxylic acids is 2. The quantitative estimate of drug-likeness (QED) is 0.706. The Kier molecular flexibility index (Phi) is 7.61. The molecule has 6 nitrogen and oxygen atoms in total. The highest BCUT2D eigenvalue weighted by atomic mass is 35.5. The van der Waals surface area contributed by atoms with Gasteiger partial charge in [0.15, 0.2) is 0 Å². The zero-order chi connectivity index (χ0) is 18.2. The zero-order valence-electron chi connectivity index (χ0n) is 14.2. The van der Waals surface area contributed by atoms with Crippen molar-refractivity contribution in [3.63, 3.8) is 0 Å². The van der Waals surface area contributed by atoms with E-state index in [-0.39, 0.29) is 11.8 Å². The molecule has 1 heterocycles. The van der Waals surface area contributed by atoms with Gasteiger partial charge < -0.3 is 20.1 Å². The molecule has 2 amide bonds. The number of amides is 2. The largest absolute Gasteiger partial charge is 0.496 e. The van der Waals surface area contributed by atoms with E-state index in [4.69, 9.17) is 21.1 Å². The van der Waals surface area contributed by atoms with Gasteiger partial charge in [0.25, 0.3) is 11.8 Å². The first-order valence-corrected chi connectivity index (χ1v) is 9.23. The van der Waals surface area contributed by atoms with Crippen LogP contribution >= 0.6 is 23.4 Å². The number of ether oxygens (including phenoxy) is 2. The highest BCUT2D eigenvalue weighted by Gasteiger charge is 2.21. The van der Waals surface area contributed by atoms with Crippen LogP contribution in [0.4, 0.5) is 5.69 Å². The Labute approximate surface area is 156 Å². The van der Waals surface area contributed by atoms with Crippen molar-refractivity contribution < 1.29 is 19.1 Å². The maximum absolute atomic E-state index is 12.5. The third-order valence-corrected chi connectivity index (χ3v) is 4.83. The number of rotatable bonds is 7. The van der Waals surface area contributed by atoms with Crippen LogP contribution in [0.2, 0.25) is 5.02 Å². The van der Waals surface area contributed by atoms with Gasteiger partial charge in [0.05, 0.1) is 17.9 Å². The lowest BCUT2D eigenvalue weighted by Crippen LogP contribution is -2.27. The molecule has 1 aromatic rings. The van der Waals surface area contributed by atoms with Gasteiger partial charge >= 0.3 is 0 Å². The summed E-state index contributed by atoms with van der Waals surface area (Å²) < 4.78 is 10.4. The summed E-state index contributed by atoms with van der Waals surface area (Å²) in [6.45, 7) is 3.38. The van der Waals surface area contributed by atoms with Gasteiger partial charge in [-0.2, -0.15) is 0 Å². The lowest BCUT2D eigenvalue weighted by Gasteiger charge is -2.18. The fourth-order valence-corrected chi connectivity index (χ4v) is 3.22. The predicted molar refractivity (Wildman–Crippen MR) is 100 cm³/mol. The molecule has 136 valence electrons. The maximum Gasteiger partial charge on any atom is 0.265 e. The van der Waals surface area contributed by atoms with Gasteiger partial charge in [0, 0.05) is 31.0 Å². The average Bonchev–Trinajstić information content (AvgIpc) is 2.60. The van der Waals surface area contributed by atoms with Gasteiger partial charge in [0.1, 0.15) is 10.7 Å². The van der Waals surface area contributed by atoms with Crippen LogP contribution in [0.5, 0.6) is 0 Å². The molecule has 0 radical (unpaired) electrons.